The Morgan fingerprint density at radius 2 is 1.76 bits per heavy atom. The van der Waals surface area contributed by atoms with Crippen LogP contribution in [0, 0.1) is 0 Å². The largest absolute Gasteiger partial charge is 0.508 e. The maximum atomic E-state index is 12.7. The summed E-state index contributed by atoms with van der Waals surface area (Å²) in [5.41, 5.74) is 12.2. The Balaban J connectivity index is 1.46. The molecule has 0 saturated carbocycles. The van der Waals surface area contributed by atoms with E-state index < -0.39 is 0 Å². The Kier molecular flexibility index (Phi) is 8.29. The van der Waals surface area contributed by atoms with Crippen molar-refractivity contribution in [2.24, 2.45) is 0 Å². The number of nitrogens with one attached hydrogen (secondary N) is 1. The first-order valence-corrected chi connectivity index (χ1v) is 13.2. The van der Waals surface area contributed by atoms with E-state index in [2.05, 4.69) is 10.3 Å². The minimum absolute atomic E-state index is 0.238. The highest BCUT2D eigenvalue weighted by atomic mass is 16.3. The van der Waals surface area contributed by atoms with Crippen LogP contribution in [0.3, 0.4) is 0 Å². The number of aromatic nitrogens is 4. The second kappa shape index (κ2) is 12.6. The van der Waals surface area contributed by atoms with E-state index in [4.69, 9.17) is 15.7 Å². The van der Waals surface area contributed by atoms with Crippen molar-refractivity contribution in [1.29, 1.82) is 0 Å². The Hall–Kier alpha value is -5.83. The predicted octanol–water partition coefficient (Wildman–Crippen LogP) is 5.49. The van der Waals surface area contributed by atoms with E-state index in [1.807, 2.05) is 83.4 Å². The van der Waals surface area contributed by atoms with Crippen LogP contribution in [0.2, 0.25) is 0 Å². The highest BCUT2D eigenvalue weighted by Crippen LogP contribution is 2.31. The number of pyridine rings is 2. The molecule has 0 aliphatic heterocycles. The molecule has 0 aliphatic carbocycles. The standard InChI is InChI=1S/C33H28N6O3/c1-2-23(12-15-26(41)18-20-40)33(42)36-21-22-10-13-25(14-11-22)39-31(27-9-6-19-35-30(27)34)38-29-17-16-28(37-32(29)39)24-7-4-3-5-8-24/h2-20,41H,21H2,1H3,(H2,34,35)(H,36,42)/b15-12-,23-2+,26-18+. The molecule has 0 fully saturated rings. The average Bonchev–Trinajstić information content (AvgIpc) is 3.40. The third kappa shape index (κ3) is 6.00. The zero-order valence-electron chi connectivity index (χ0n) is 22.8. The van der Waals surface area contributed by atoms with Crippen LogP contribution in [-0.4, -0.2) is 36.8 Å². The second-order valence-corrected chi connectivity index (χ2v) is 9.27. The van der Waals surface area contributed by atoms with E-state index in [0.717, 1.165) is 28.6 Å². The van der Waals surface area contributed by atoms with Gasteiger partial charge in [-0.2, -0.15) is 0 Å². The van der Waals surface area contributed by atoms with Crippen molar-refractivity contribution in [2.75, 3.05) is 5.73 Å². The zero-order valence-corrected chi connectivity index (χ0v) is 22.8. The lowest BCUT2D eigenvalue weighted by molar-refractivity contribution is -0.117. The van der Waals surface area contributed by atoms with Crippen molar-refractivity contribution >= 4 is 29.2 Å². The van der Waals surface area contributed by atoms with Gasteiger partial charge >= 0.3 is 0 Å². The summed E-state index contributed by atoms with van der Waals surface area (Å²) in [5.74, 6) is 0.424. The number of nitrogens with zero attached hydrogens (tertiary/aromatic N) is 4. The van der Waals surface area contributed by atoms with Crippen LogP contribution in [0.1, 0.15) is 12.5 Å². The number of benzene rings is 2. The molecular formula is C33H28N6O3. The molecule has 5 aromatic rings. The van der Waals surface area contributed by atoms with Crippen LogP contribution in [0.5, 0.6) is 0 Å². The molecule has 0 bridgehead atoms. The fourth-order valence-corrected chi connectivity index (χ4v) is 4.41. The fourth-order valence-electron chi connectivity index (χ4n) is 4.41. The maximum absolute atomic E-state index is 12.7. The monoisotopic (exact) mass is 556 g/mol. The van der Waals surface area contributed by atoms with Gasteiger partial charge in [0, 0.05) is 35.6 Å². The van der Waals surface area contributed by atoms with Crippen LogP contribution in [-0.2, 0) is 16.1 Å². The van der Waals surface area contributed by atoms with Gasteiger partial charge in [0.15, 0.2) is 11.5 Å². The molecule has 208 valence electrons. The Morgan fingerprint density at radius 3 is 2.48 bits per heavy atom. The predicted molar refractivity (Wildman–Crippen MR) is 163 cm³/mol. The molecule has 1 amide bonds. The van der Waals surface area contributed by atoms with Gasteiger partial charge in [-0.05, 0) is 61.0 Å². The molecule has 42 heavy (non-hydrogen) atoms. The van der Waals surface area contributed by atoms with Gasteiger partial charge in [0.1, 0.15) is 23.4 Å². The molecule has 3 heterocycles. The summed E-state index contributed by atoms with van der Waals surface area (Å²) in [5, 5.41) is 12.5. The van der Waals surface area contributed by atoms with Gasteiger partial charge in [0.2, 0.25) is 0 Å². The van der Waals surface area contributed by atoms with Gasteiger partial charge in [-0.25, -0.2) is 15.0 Å². The smallest absolute Gasteiger partial charge is 0.251 e. The first-order chi connectivity index (χ1) is 20.5. The van der Waals surface area contributed by atoms with E-state index in [1.54, 1.807) is 19.2 Å². The number of aliphatic hydroxyl groups excluding tert-OH is 1. The number of nitrogen functional groups attached to an aromatic ring is 1. The normalized spacial score (nSPS) is 12.1. The second-order valence-electron chi connectivity index (χ2n) is 9.27. The highest BCUT2D eigenvalue weighted by Gasteiger charge is 2.19. The van der Waals surface area contributed by atoms with Crippen molar-refractivity contribution in [3.05, 3.63) is 126 Å². The molecule has 0 saturated heterocycles. The van der Waals surface area contributed by atoms with Crippen molar-refractivity contribution in [3.63, 3.8) is 0 Å². The summed E-state index contributed by atoms with van der Waals surface area (Å²) in [4.78, 5) is 37.3. The Morgan fingerprint density at radius 1 is 0.976 bits per heavy atom. The number of aliphatic hydroxyl groups is 1. The van der Waals surface area contributed by atoms with Crippen LogP contribution in [0.15, 0.2) is 121 Å². The topological polar surface area (TPSA) is 136 Å². The molecule has 9 nitrogen and oxygen atoms in total. The molecule has 0 spiro atoms. The number of nitrogens with two attached hydrogens (primary N) is 1. The Bertz CT molecular complexity index is 1840. The van der Waals surface area contributed by atoms with E-state index in [9.17, 15) is 14.7 Å². The summed E-state index contributed by atoms with van der Waals surface area (Å²) < 4.78 is 1.96. The molecule has 0 aliphatic rings. The molecule has 3 aromatic heterocycles. The minimum atomic E-state index is -0.315. The van der Waals surface area contributed by atoms with Crippen LogP contribution in [0.25, 0.3) is 39.5 Å². The summed E-state index contributed by atoms with van der Waals surface area (Å²) in [6, 6.07) is 25.2. The number of carbonyl (C=O) groups is 2. The third-order valence-electron chi connectivity index (χ3n) is 6.55. The van der Waals surface area contributed by atoms with Crippen molar-refractivity contribution in [1.82, 2.24) is 24.8 Å². The molecule has 0 unspecified atom stereocenters. The third-order valence-corrected chi connectivity index (χ3v) is 6.55. The lowest BCUT2D eigenvalue weighted by atomic mass is 10.1. The number of hydrogen-bond acceptors (Lipinski definition) is 7. The summed E-state index contributed by atoms with van der Waals surface area (Å²) in [6.07, 6.45) is 7.46. The van der Waals surface area contributed by atoms with Gasteiger partial charge < -0.3 is 16.2 Å². The number of fused-ring (bicyclic) bond motifs is 1. The number of amides is 1. The molecule has 4 N–H and O–H groups in total. The number of allylic oxidation sites excluding steroid dienone is 3. The van der Waals surface area contributed by atoms with Gasteiger partial charge in [0.25, 0.3) is 5.91 Å². The highest BCUT2D eigenvalue weighted by molar-refractivity contribution is 5.96. The van der Waals surface area contributed by atoms with E-state index in [-0.39, 0.29) is 18.2 Å². The zero-order chi connectivity index (χ0) is 29.5. The summed E-state index contributed by atoms with van der Waals surface area (Å²) in [7, 11) is 0. The minimum Gasteiger partial charge on any atom is -0.508 e. The number of imidazole rings is 1. The number of carbonyl (C=O) groups excluding carboxylic acids is 2. The molecule has 9 heteroatoms. The molecular weight excluding hydrogens is 528 g/mol. The summed E-state index contributed by atoms with van der Waals surface area (Å²) >= 11 is 0. The van der Waals surface area contributed by atoms with Crippen molar-refractivity contribution in [2.45, 2.75) is 13.5 Å². The van der Waals surface area contributed by atoms with E-state index in [1.165, 1.54) is 12.2 Å². The van der Waals surface area contributed by atoms with E-state index >= 15 is 0 Å². The Labute approximate surface area is 242 Å². The fraction of sp³-hybridized carbons (Fsp3) is 0.0606. The van der Waals surface area contributed by atoms with Crippen molar-refractivity contribution < 1.29 is 14.7 Å². The van der Waals surface area contributed by atoms with E-state index in [0.29, 0.717) is 40.2 Å². The quantitative estimate of drug-likeness (QED) is 0.0945. The van der Waals surface area contributed by atoms with Crippen LogP contribution >= 0.6 is 0 Å². The number of aldehydes is 1. The lowest BCUT2D eigenvalue weighted by Gasteiger charge is -2.12. The van der Waals surface area contributed by atoms with Gasteiger partial charge in [-0.3, -0.25) is 14.2 Å². The molecule has 0 radical (unpaired) electrons. The van der Waals surface area contributed by atoms with Gasteiger partial charge in [-0.15, -0.1) is 0 Å². The van der Waals surface area contributed by atoms with Crippen LogP contribution < -0.4 is 11.1 Å². The van der Waals surface area contributed by atoms with Crippen molar-refractivity contribution in [3.8, 4) is 28.3 Å². The number of anilines is 1. The molecule has 2 aromatic carbocycles. The SMILES string of the molecule is C\C=C(/C=C\C(O)=C/C=O)C(=O)NCc1ccc(-n2c(-c3cccnc3N)nc3ccc(-c4ccccc4)nc32)cc1. The number of rotatable bonds is 9. The molecule has 0 atom stereocenters. The molecule has 5 rings (SSSR count). The number of hydrogen-bond donors (Lipinski definition) is 3. The first-order valence-electron chi connectivity index (χ1n) is 13.2. The first kappa shape index (κ1) is 27.7. The maximum Gasteiger partial charge on any atom is 0.251 e. The van der Waals surface area contributed by atoms with Crippen LogP contribution in [0.4, 0.5) is 5.82 Å². The van der Waals surface area contributed by atoms with Gasteiger partial charge in [-0.1, -0.05) is 48.5 Å². The summed E-state index contributed by atoms with van der Waals surface area (Å²) in [6.45, 7) is 2.00. The van der Waals surface area contributed by atoms with Gasteiger partial charge in [0.05, 0.1) is 11.3 Å². The lowest BCUT2D eigenvalue weighted by Crippen LogP contribution is -2.23. The average molecular weight is 557 g/mol.